The number of aromatic nitrogens is 5. The molecule has 3 aromatic heterocycles. The zero-order valence-electron chi connectivity index (χ0n) is 16.9. The number of H-pyrrole nitrogens is 1. The van der Waals surface area contributed by atoms with Crippen LogP contribution in [0.5, 0.6) is 0 Å². The second-order valence-corrected chi connectivity index (χ2v) is 8.39. The first-order valence-electron chi connectivity index (χ1n) is 9.96. The van der Waals surface area contributed by atoms with Gasteiger partial charge in [0, 0.05) is 30.5 Å². The van der Waals surface area contributed by atoms with E-state index < -0.39 is 17.3 Å². The number of hydrogen-bond acceptors (Lipinski definition) is 3. The molecule has 9 heteroatoms. The third-order valence-corrected chi connectivity index (χ3v) is 6.24. The second kappa shape index (κ2) is 6.57. The van der Waals surface area contributed by atoms with Gasteiger partial charge in [-0.3, -0.25) is 9.36 Å². The number of aromatic amines is 1. The van der Waals surface area contributed by atoms with Crippen molar-refractivity contribution in [2.45, 2.75) is 31.4 Å². The molecule has 0 radical (unpaired) electrons. The number of rotatable bonds is 3. The molecule has 0 saturated heterocycles. The van der Waals surface area contributed by atoms with Crippen molar-refractivity contribution >= 4 is 10.9 Å². The Labute approximate surface area is 175 Å². The molecular weight excluding hydrogens is 407 g/mol. The quantitative estimate of drug-likeness (QED) is 0.533. The van der Waals surface area contributed by atoms with Crippen molar-refractivity contribution in [1.82, 2.24) is 24.3 Å². The molecule has 4 aromatic rings. The van der Waals surface area contributed by atoms with E-state index in [1.54, 1.807) is 24.5 Å². The summed E-state index contributed by atoms with van der Waals surface area (Å²) in [5.41, 5.74) is -0.542. The largest absolute Gasteiger partial charge is 0.418 e. The highest BCUT2D eigenvalue weighted by Crippen LogP contribution is 2.51. The van der Waals surface area contributed by atoms with Gasteiger partial charge < -0.3 is 9.55 Å². The molecule has 1 N–H and O–H groups in total. The lowest BCUT2D eigenvalue weighted by molar-refractivity contribution is -0.136. The van der Waals surface area contributed by atoms with Crippen LogP contribution in [0.2, 0.25) is 0 Å². The second-order valence-electron chi connectivity index (χ2n) is 8.39. The Morgan fingerprint density at radius 1 is 1.23 bits per heavy atom. The van der Waals surface area contributed by atoms with Crippen molar-refractivity contribution in [2.75, 3.05) is 0 Å². The lowest BCUT2D eigenvalue weighted by Gasteiger charge is -2.46. The van der Waals surface area contributed by atoms with Crippen LogP contribution in [0.25, 0.3) is 16.6 Å². The van der Waals surface area contributed by atoms with Crippen LogP contribution in [-0.2, 0) is 18.6 Å². The Balaban J connectivity index is 1.70. The summed E-state index contributed by atoms with van der Waals surface area (Å²) >= 11 is 0. The maximum absolute atomic E-state index is 13.7. The van der Waals surface area contributed by atoms with Crippen LogP contribution in [0.1, 0.15) is 36.7 Å². The third kappa shape index (κ3) is 2.90. The van der Waals surface area contributed by atoms with E-state index in [9.17, 15) is 18.0 Å². The van der Waals surface area contributed by atoms with E-state index in [2.05, 4.69) is 22.1 Å². The average molecular weight is 427 g/mol. The molecule has 160 valence electrons. The summed E-state index contributed by atoms with van der Waals surface area (Å²) < 4.78 is 44.0. The van der Waals surface area contributed by atoms with Crippen molar-refractivity contribution in [3.63, 3.8) is 0 Å². The summed E-state index contributed by atoms with van der Waals surface area (Å²) in [5.74, 6) is 1.29. The molecule has 1 aliphatic carbocycles. The van der Waals surface area contributed by atoms with Gasteiger partial charge in [0.2, 0.25) is 0 Å². The standard InChI is InChI=1S/C22H20F3N5O/c1-13-9-21(10-13,20-28-27-12-29(20)2)14-4-3-5-15(8-14)30-11-17(22(23,24)25)16-6-7-26-18(16)19(30)31/h3-8,11-13,26H,9-10H2,1-2H3. The van der Waals surface area contributed by atoms with Crippen molar-refractivity contribution in [3.8, 4) is 5.69 Å². The first kappa shape index (κ1) is 19.6. The smallest absolute Gasteiger partial charge is 0.357 e. The fraction of sp³-hybridized carbons (Fsp3) is 0.318. The van der Waals surface area contributed by atoms with E-state index in [1.165, 1.54) is 12.3 Å². The van der Waals surface area contributed by atoms with Gasteiger partial charge in [0.15, 0.2) is 0 Å². The zero-order valence-corrected chi connectivity index (χ0v) is 16.9. The summed E-state index contributed by atoms with van der Waals surface area (Å²) in [7, 11) is 1.88. The molecule has 1 saturated carbocycles. The van der Waals surface area contributed by atoms with Gasteiger partial charge in [-0.1, -0.05) is 19.1 Å². The van der Waals surface area contributed by atoms with Gasteiger partial charge in [0.25, 0.3) is 5.56 Å². The minimum absolute atomic E-state index is 0.0690. The summed E-state index contributed by atoms with van der Waals surface area (Å²) in [5, 5.41) is 8.19. The SMILES string of the molecule is CC1CC(c2cccc(-n3cc(C(F)(F)F)c4cc[nH]c4c3=O)c2)(c2nncn2C)C1. The number of fused-ring (bicyclic) bond motifs is 1. The minimum atomic E-state index is -4.59. The van der Waals surface area contributed by atoms with E-state index in [4.69, 9.17) is 0 Å². The summed E-state index contributed by atoms with van der Waals surface area (Å²) in [6, 6.07) is 8.42. The summed E-state index contributed by atoms with van der Waals surface area (Å²) in [6.45, 7) is 2.15. The highest BCUT2D eigenvalue weighted by Gasteiger charge is 2.48. The molecule has 0 aliphatic heterocycles. The minimum Gasteiger partial charge on any atom is -0.357 e. The number of benzene rings is 1. The van der Waals surface area contributed by atoms with Crippen molar-refractivity contribution in [1.29, 1.82) is 0 Å². The van der Waals surface area contributed by atoms with Gasteiger partial charge in [-0.05, 0) is 42.5 Å². The highest BCUT2D eigenvalue weighted by atomic mass is 19.4. The molecule has 0 atom stereocenters. The van der Waals surface area contributed by atoms with Crippen LogP contribution in [0, 0.1) is 5.92 Å². The van der Waals surface area contributed by atoms with E-state index >= 15 is 0 Å². The Morgan fingerprint density at radius 3 is 2.65 bits per heavy atom. The molecule has 6 nitrogen and oxygen atoms in total. The lowest BCUT2D eigenvalue weighted by atomic mass is 9.58. The normalized spacial score (nSPS) is 21.4. The maximum atomic E-state index is 13.7. The third-order valence-electron chi connectivity index (χ3n) is 6.24. The number of hydrogen-bond donors (Lipinski definition) is 1. The monoisotopic (exact) mass is 427 g/mol. The molecule has 31 heavy (non-hydrogen) atoms. The molecule has 5 rings (SSSR count). The predicted octanol–water partition coefficient (Wildman–Crippen LogP) is 4.18. The summed E-state index contributed by atoms with van der Waals surface area (Å²) in [4.78, 5) is 15.6. The molecule has 1 aliphatic rings. The zero-order chi connectivity index (χ0) is 22.0. The molecule has 3 heterocycles. The van der Waals surface area contributed by atoms with Gasteiger partial charge in [0.1, 0.15) is 17.7 Å². The van der Waals surface area contributed by atoms with Crippen molar-refractivity contribution in [2.24, 2.45) is 13.0 Å². The fourth-order valence-corrected chi connectivity index (χ4v) is 4.91. The van der Waals surface area contributed by atoms with Crippen LogP contribution in [0.4, 0.5) is 13.2 Å². The lowest BCUT2D eigenvalue weighted by Crippen LogP contribution is -2.43. The number of alkyl halides is 3. The van der Waals surface area contributed by atoms with Crippen molar-refractivity contribution < 1.29 is 13.2 Å². The van der Waals surface area contributed by atoms with Gasteiger partial charge in [-0.2, -0.15) is 13.2 Å². The molecular formula is C22H20F3N5O. The molecule has 0 spiro atoms. The number of aryl methyl sites for hydroxylation is 1. The van der Waals surface area contributed by atoms with Gasteiger partial charge in [-0.25, -0.2) is 0 Å². The summed E-state index contributed by atoms with van der Waals surface area (Å²) in [6.07, 6.45) is 0.986. The molecule has 0 amide bonds. The number of nitrogens with zero attached hydrogens (tertiary/aromatic N) is 4. The van der Waals surface area contributed by atoms with Crippen LogP contribution >= 0.6 is 0 Å². The van der Waals surface area contributed by atoms with Crippen molar-refractivity contribution in [3.05, 3.63) is 76.4 Å². The van der Waals surface area contributed by atoms with Gasteiger partial charge in [-0.15, -0.1) is 10.2 Å². The predicted molar refractivity (Wildman–Crippen MR) is 109 cm³/mol. The van der Waals surface area contributed by atoms with Crippen LogP contribution < -0.4 is 5.56 Å². The van der Waals surface area contributed by atoms with Gasteiger partial charge in [0.05, 0.1) is 11.0 Å². The Hall–Kier alpha value is -3.36. The molecule has 1 aromatic carbocycles. The Morgan fingerprint density at radius 2 is 2.00 bits per heavy atom. The number of nitrogens with one attached hydrogen (secondary N) is 1. The average Bonchev–Trinajstić information content (AvgIpc) is 3.34. The Bertz CT molecular complexity index is 1340. The number of halogens is 3. The fourth-order valence-electron chi connectivity index (χ4n) is 4.91. The number of pyridine rings is 1. The first-order chi connectivity index (χ1) is 14.7. The maximum Gasteiger partial charge on any atom is 0.418 e. The molecule has 0 unspecified atom stereocenters. The molecule has 0 bridgehead atoms. The van der Waals surface area contributed by atoms with Crippen LogP contribution in [0.3, 0.4) is 0 Å². The van der Waals surface area contributed by atoms with E-state index in [0.717, 1.165) is 35.0 Å². The van der Waals surface area contributed by atoms with E-state index in [-0.39, 0.29) is 16.3 Å². The first-order valence-corrected chi connectivity index (χ1v) is 9.96. The van der Waals surface area contributed by atoms with Crippen LogP contribution in [0.15, 0.2) is 53.8 Å². The Kier molecular flexibility index (Phi) is 4.15. The van der Waals surface area contributed by atoms with E-state index in [0.29, 0.717) is 11.6 Å². The van der Waals surface area contributed by atoms with Gasteiger partial charge >= 0.3 is 6.18 Å². The van der Waals surface area contributed by atoms with Crippen LogP contribution in [-0.4, -0.2) is 24.3 Å². The topological polar surface area (TPSA) is 68.5 Å². The highest BCUT2D eigenvalue weighted by molar-refractivity contribution is 5.82. The van der Waals surface area contributed by atoms with E-state index in [1.807, 2.05) is 17.7 Å². The molecule has 1 fully saturated rings.